The molecule has 8 heteroatoms. The first-order valence-corrected chi connectivity index (χ1v) is 10.3. The molecule has 1 aromatic carbocycles. The van der Waals surface area contributed by atoms with E-state index in [0.717, 1.165) is 12.1 Å². The molecule has 1 saturated heterocycles. The molecular weight excluding hydrogens is 359 g/mol. The Hall–Kier alpha value is -1.51. The number of nitrogens with zero attached hydrogens (tertiary/aromatic N) is 2. The van der Waals surface area contributed by atoms with Crippen LogP contribution >= 0.6 is 0 Å². The fourth-order valence-electron chi connectivity index (χ4n) is 2.84. The van der Waals surface area contributed by atoms with Gasteiger partial charge in [0.15, 0.2) is 0 Å². The fraction of sp³-hybridized carbons (Fsp3) is 0.611. The van der Waals surface area contributed by atoms with Gasteiger partial charge in [-0.3, -0.25) is 4.79 Å². The van der Waals surface area contributed by atoms with E-state index >= 15 is 0 Å². The van der Waals surface area contributed by atoms with Crippen molar-refractivity contribution >= 4 is 15.9 Å². The quantitative estimate of drug-likeness (QED) is 0.753. The summed E-state index contributed by atoms with van der Waals surface area (Å²) in [6, 6.07) is 3.29. The van der Waals surface area contributed by atoms with E-state index in [9.17, 15) is 17.6 Å². The predicted octanol–water partition coefficient (Wildman–Crippen LogP) is 2.35. The Morgan fingerprint density at radius 3 is 2.38 bits per heavy atom. The molecule has 1 heterocycles. The molecular formula is C18H27FN2O4S. The fourth-order valence-corrected chi connectivity index (χ4v) is 4.28. The minimum atomic E-state index is -3.79. The molecule has 0 spiro atoms. The van der Waals surface area contributed by atoms with Crippen molar-refractivity contribution in [3.63, 3.8) is 0 Å². The summed E-state index contributed by atoms with van der Waals surface area (Å²) >= 11 is 0. The molecule has 0 aliphatic carbocycles. The molecule has 0 aromatic heterocycles. The largest absolute Gasteiger partial charge is 0.379 e. The van der Waals surface area contributed by atoms with Gasteiger partial charge in [-0.25, -0.2) is 12.8 Å². The number of hydrogen-bond donors (Lipinski definition) is 0. The molecule has 146 valence electrons. The van der Waals surface area contributed by atoms with Gasteiger partial charge in [-0.15, -0.1) is 0 Å². The third kappa shape index (κ3) is 4.61. The van der Waals surface area contributed by atoms with Gasteiger partial charge in [-0.1, -0.05) is 13.8 Å². The molecule has 1 fully saturated rings. The molecule has 6 nitrogen and oxygen atoms in total. The summed E-state index contributed by atoms with van der Waals surface area (Å²) in [5.41, 5.74) is -0.214. The van der Waals surface area contributed by atoms with E-state index in [-0.39, 0.29) is 35.5 Å². The van der Waals surface area contributed by atoms with Gasteiger partial charge in [0.1, 0.15) is 5.82 Å². The van der Waals surface area contributed by atoms with Crippen LogP contribution in [0.4, 0.5) is 4.39 Å². The van der Waals surface area contributed by atoms with E-state index in [1.54, 1.807) is 4.90 Å². The third-order valence-electron chi connectivity index (χ3n) is 4.22. The van der Waals surface area contributed by atoms with Crippen LogP contribution in [0.1, 0.15) is 38.1 Å². The van der Waals surface area contributed by atoms with Crippen molar-refractivity contribution in [1.29, 1.82) is 0 Å². The third-order valence-corrected chi connectivity index (χ3v) is 6.12. The van der Waals surface area contributed by atoms with Gasteiger partial charge < -0.3 is 9.64 Å². The van der Waals surface area contributed by atoms with Gasteiger partial charge in [0.2, 0.25) is 10.0 Å². The van der Waals surface area contributed by atoms with Crippen molar-refractivity contribution < 1.29 is 22.3 Å². The Morgan fingerprint density at radius 2 is 1.85 bits per heavy atom. The molecule has 0 unspecified atom stereocenters. The van der Waals surface area contributed by atoms with E-state index in [1.807, 2.05) is 27.7 Å². The highest BCUT2D eigenvalue weighted by molar-refractivity contribution is 7.89. The first kappa shape index (κ1) is 20.8. The lowest BCUT2D eigenvalue weighted by Gasteiger charge is -2.29. The summed E-state index contributed by atoms with van der Waals surface area (Å²) in [6.07, 6.45) is 0. The van der Waals surface area contributed by atoms with Gasteiger partial charge in [0.05, 0.1) is 23.7 Å². The van der Waals surface area contributed by atoms with Crippen LogP contribution in [0.2, 0.25) is 0 Å². The number of sulfonamides is 1. The highest BCUT2D eigenvalue weighted by atomic mass is 32.2. The molecule has 1 amide bonds. The van der Waals surface area contributed by atoms with Crippen LogP contribution in [0.3, 0.4) is 0 Å². The summed E-state index contributed by atoms with van der Waals surface area (Å²) in [5.74, 6) is -1.000. The number of rotatable bonds is 6. The van der Waals surface area contributed by atoms with Crippen molar-refractivity contribution in [3.8, 4) is 0 Å². The number of halogens is 1. The van der Waals surface area contributed by atoms with Gasteiger partial charge >= 0.3 is 0 Å². The lowest BCUT2D eigenvalue weighted by Crippen LogP contribution is -2.41. The zero-order chi connectivity index (χ0) is 19.5. The smallest absolute Gasteiger partial charge is 0.257 e. The van der Waals surface area contributed by atoms with Crippen LogP contribution in [-0.2, 0) is 14.8 Å². The van der Waals surface area contributed by atoms with Gasteiger partial charge in [0.25, 0.3) is 5.91 Å². The summed E-state index contributed by atoms with van der Waals surface area (Å²) in [7, 11) is -3.79. The average Bonchev–Trinajstić information content (AvgIpc) is 2.59. The van der Waals surface area contributed by atoms with Crippen molar-refractivity contribution in [2.24, 2.45) is 5.92 Å². The Labute approximate surface area is 155 Å². The van der Waals surface area contributed by atoms with Gasteiger partial charge in [-0.05, 0) is 38.0 Å². The number of ether oxygens (including phenoxy) is 1. The second-order valence-corrected chi connectivity index (χ2v) is 9.04. The van der Waals surface area contributed by atoms with E-state index in [1.165, 1.54) is 10.4 Å². The summed E-state index contributed by atoms with van der Waals surface area (Å²) in [4.78, 5) is 14.3. The molecule has 1 aromatic rings. The Morgan fingerprint density at radius 1 is 1.23 bits per heavy atom. The molecule has 0 radical (unpaired) electrons. The monoisotopic (exact) mass is 386 g/mol. The maximum absolute atomic E-state index is 14.3. The van der Waals surface area contributed by atoms with Crippen LogP contribution in [-0.4, -0.2) is 62.4 Å². The normalized spacial score (nSPS) is 16.3. The second-order valence-electron chi connectivity index (χ2n) is 7.10. The topological polar surface area (TPSA) is 66.9 Å². The first-order chi connectivity index (χ1) is 12.1. The molecule has 0 atom stereocenters. The molecule has 0 N–H and O–H groups in total. The van der Waals surface area contributed by atoms with Crippen molar-refractivity contribution in [1.82, 2.24) is 9.21 Å². The molecule has 2 rings (SSSR count). The molecule has 1 aliphatic rings. The summed E-state index contributed by atoms with van der Waals surface area (Å²) < 4.78 is 46.4. The number of morpholine rings is 1. The van der Waals surface area contributed by atoms with E-state index in [4.69, 9.17) is 4.74 Å². The van der Waals surface area contributed by atoms with Crippen LogP contribution in [0, 0.1) is 11.7 Å². The van der Waals surface area contributed by atoms with Crippen molar-refractivity contribution in [2.45, 2.75) is 38.6 Å². The zero-order valence-electron chi connectivity index (χ0n) is 15.7. The minimum absolute atomic E-state index is 0.0718. The van der Waals surface area contributed by atoms with Crippen molar-refractivity contribution in [2.75, 3.05) is 32.8 Å². The number of carbonyl (C=O) groups excluding carboxylic acids is 1. The number of benzene rings is 1. The Balaban J connectivity index is 2.38. The maximum Gasteiger partial charge on any atom is 0.257 e. The van der Waals surface area contributed by atoms with Crippen molar-refractivity contribution in [3.05, 3.63) is 29.6 Å². The standard InChI is InChI=1S/C18H27FN2O4S/c1-13(2)12-21(14(3)4)18(22)16-11-15(5-6-17(16)19)26(23,24)20-7-9-25-10-8-20/h5-6,11,13-14H,7-10,12H2,1-4H3. The van der Waals surface area contributed by atoms with Crippen LogP contribution < -0.4 is 0 Å². The van der Waals surface area contributed by atoms with Gasteiger partial charge in [-0.2, -0.15) is 4.31 Å². The SMILES string of the molecule is CC(C)CN(C(=O)c1cc(S(=O)(=O)N2CCOCC2)ccc1F)C(C)C. The van der Waals surface area contributed by atoms with Crippen LogP contribution in [0.5, 0.6) is 0 Å². The lowest BCUT2D eigenvalue weighted by molar-refractivity contribution is 0.0676. The van der Waals surface area contributed by atoms with E-state index in [0.29, 0.717) is 19.8 Å². The highest BCUT2D eigenvalue weighted by Gasteiger charge is 2.29. The minimum Gasteiger partial charge on any atom is -0.379 e. The summed E-state index contributed by atoms with van der Waals surface area (Å²) in [5, 5.41) is 0. The first-order valence-electron chi connectivity index (χ1n) is 8.83. The van der Waals surface area contributed by atoms with Crippen LogP contribution in [0.25, 0.3) is 0 Å². The number of carbonyl (C=O) groups is 1. The molecule has 26 heavy (non-hydrogen) atoms. The zero-order valence-corrected chi connectivity index (χ0v) is 16.6. The van der Waals surface area contributed by atoms with Crippen LogP contribution in [0.15, 0.2) is 23.1 Å². The van der Waals surface area contributed by atoms with Gasteiger partial charge in [0, 0.05) is 25.7 Å². The average molecular weight is 386 g/mol. The Kier molecular flexibility index (Phi) is 6.76. The predicted molar refractivity (Wildman–Crippen MR) is 97.0 cm³/mol. The van der Waals surface area contributed by atoms with E-state index in [2.05, 4.69) is 0 Å². The maximum atomic E-state index is 14.3. The number of amides is 1. The molecule has 0 saturated carbocycles. The highest BCUT2D eigenvalue weighted by Crippen LogP contribution is 2.22. The lowest BCUT2D eigenvalue weighted by atomic mass is 10.1. The molecule has 1 aliphatic heterocycles. The summed E-state index contributed by atoms with van der Waals surface area (Å²) in [6.45, 7) is 9.25. The number of hydrogen-bond acceptors (Lipinski definition) is 4. The molecule has 0 bridgehead atoms. The Bertz CT molecular complexity index is 744. The second kappa shape index (κ2) is 8.45. The van der Waals surface area contributed by atoms with E-state index < -0.39 is 21.7 Å².